The molecule has 0 saturated carbocycles. The fraction of sp³-hybridized carbons (Fsp3) is 0.562. The largest absolute Gasteiger partial charge is 0.418 e. The molecule has 1 aliphatic heterocycles. The van der Waals surface area contributed by atoms with Gasteiger partial charge in [-0.3, -0.25) is 0 Å². The molecule has 8 heteroatoms. The zero-order valence-corrected chi connectivity index (χ0v) is 14.6. The predicted molar refractivity (Wildman–Crippen MR) is 88.5 cm³/mol. The van der Waals surface area contributed by atoms with Gasteiger partial charge in [0.25, 0.3) is 0 Å². The summed E-state index contributed by atoms with van der Waals surface area (Å²) in [4.78, 5) is 15.4. The van der Waals surface area contributed by atoms with Gasteiger partial charge in [0.05, 0.1) is 5.56 Å². The molecule has 0 unspecified atom stereocenters. The van der Waals surface area contributed by atoms with Crippen molar-refractivity contribution in [2.45, 2.75) is 32.5 Å². The van der Waals surface area contributed by atoms with Crippen LogP contribution in [-0.2, 0) is 6.18 Å². The number of piperazine rings is 1. The van der Waals surface area contributed by atoms with E-state index in [2.05, 4.69) is 5.32 Å². The third-order valence-electron chi connectivity index (χ3n) is 3.65. The Labute approximate surface area is 144 Å². The van der Waals surface area contributed by atoms with Crippen LogP contribution >= 0.6 is 11.6 Å². The Kier molecular flexibility index (Phi) is 5.22. The van der Waals surface area contributed by atoms with Crippen LogP contribution in [0.2, 0.25) is 5.02 Å². The van der Waals surface area contributed by atoms with E-state index in [0.717, 1.165) is 6.07 Å². The number of anilines is 1. The van der Waals surface area contributed by atoms with Crippen molar-refractivity contribution < 1.29 is 18.0 Å². The molecule has 134 valence electrons. The molecule has 24 heavy (non-hydrogen) atoms. The number of carbonyl (C=O) groups is 1. The summed E-state index contributed by atoms with van der Waals surface area (Å²) in [5.74, 6) is 0. The molecule has 2 rings (SSSR count). The molecule has 1 heterocycles. The first-order valence-electron chi connectivity index (χ1n) is 7.66. The van der Waals surface area contributed by atoms with Crippen molar-refractivity contribution in [1.29, 1.82) is 0 Å². The van der Waals surface area contributed by atoms with Gasteiger partial charge in [0.1, 0.15) is 0 Å². The smallest absolute Gasteiger partial charge is 0.367 e. The van der Waals surface area contributed by atoms with Crippen molar-refractivity contribution in [2.24, 2.45) is 0 Å². The fourth-order valence-electron chi connectivity index (χ4n) is 2.56. The summed E-state index contributed by atoms with van der Waals surface area (Å²) in [7, 11) is 0. The van der Waals surface area contributed by atoms with E-state index < -0.39 is 11.7 Å². The topological polar surface area (TPSA) is 35.6 Å². The van der Waals surface area contributed by atoms with Gasteiger partial charge < -0.3 is 15.1 Å². The van der Waals surface area contributed by atoms with Crippen LogP contribution in [0, 0.1) is 0 Å². The summed E-state index contributed by atoms with van der Waals surface area (Å²) < 4.78 is 39.6. The van der Waals surface area contributed by atoms with Crippen LogP contribution in [0.3, 0.4) is 0 Å². The Balaban J connectivity index is 2.09. The molecule has 1 saturated heterocycles. The van der Waals surface area contributed by atoms with Crippen molar-refractivity contribution in [3.8, 4) is 0 Å². The Morgan fingerprint density at radius 3 is 2.21 bits per heavy atom. The number of nitrogens with one attached hydrogen (secondary N) is 1. The maximum Gasteiger partial charge on any atom is 0.418 e. The zero-order chi connectivity index (χ0) is 18.1. The second-order valence-corrected chi connectivity index (χ2v) is 7.25. The average molecular weight is 364 g/mol. The molecule has 1 aromatic rings. The quantitative estimate of drug-likeness (QED) is 0.819. The first-order valence-corrected chi connectivity index (χ1v) is 8.04. The van der Waals surface area contributed by atoms with E-state index in [9.17, 15) is 18.0 Å². The minimum atomic E-state index is -4.47. The van der Waals surface area contributed by atoms with Gasteiger partial charge in [-0.1, -0.05) is 11.6 Å². The van der Waals surface area contributed by atoms with Gasteiger partial charge in [0.15, 0.2) is 0 Å². The van der Waals surface area contributed by atoms with E-state index in [1.165, 1.54) is 12.1 Å². The summed E-state index contributed by atoms with van der Waals surface area (Å²) >= 11 is 5.71. The molecule has 0 atom stereocenters. The van der Waals surface area contributed by atoms with Crippen molar-refractivity contribution in [2.75, 3.05) is 31.1 Å². The minimum Gasteiger partial charge on any atom is -0.367 e. The number of rotatable bonds is 1. The van der Waals surface area contributed by atoms with Crippen molar-refractivity contribution in [3.63, 3.8) is 0 Å². The van der Waals surface area contributed by atoms with Crippen LogP contribution in [0.1, 0.15) is 26.3 Å². The van der Waals surface area contributed by atoms with Crippen LogP contribution in [-0.4, -0.2) is 42.6 Å². The lowest BCUT2D eigenvalue weighted by Gasteiger charge is -2.38. The normalized spacial score (nSPS) is 16.3. The first kappa shape index (κ1) is 18.7. The van der Waals surface area contributed by atoms with Gasteiger partial charge in [0.2, 0.25) is 0 Å². The number of hydrogen-bond acceptors (Lipinski definition) is 2. The highest BCUT2D eigenvalue weighted by molar-refractivity contribution is 6.30. The molecule has 1 aliphatic rings. The molecule has 0 spiro atoms. The highest BCUT2D eigenvalue weighted by Gasteiger charge is 2.36. The van der Waals surface area contributed by atoms with E-state index in [4.69, 9.17) is 11.6 Å². The summed E-state index contributed by atoms with van der Waals surface area (Å²) in [5, 5.41) is 2.91. The molecular weight excluding hydrogens is 343 g/mol. The van der Waals surface area contributed by atoms with Gasteiger partial charge in [-0.2, -0.15) is 13.2 Å². The molecule has 0 bridgehead atoms. The Morgan fingerprint density at radius 1 is 1.12 bits per heavy atom. The number of hydrogen-bond donors (Lipinski definition) is 1. The molecule has 0 aliphatic carbocycles. The van der Waals surface area contributed by atoms with Crippen LogP contribution in [0.15, 0.2) is 18.2 Å². The maximum absolute atomic E-state index is 13.2. The summed E-state index contributed by atoms with van der Waals surface area (Å²) in [6.45, 7) is 7.04. The van der Waals surface area contributed by atoms with Gasteiger partial charge in [-0.05, 0) is 39.0 Å². The van der Waals surface area contributed by atoms with E-state index in [-0.39, 0.29) is 22.3 Å². The second-order valence-electron chi connectivity index (χ2n) is 6.81. The molecule has 1 aromatic carbocycles. The molecule has 2 amide bonds. The number of benzene rings is 1. The third-order valence-corrected chi connectivity index (χ3v) is 3.89. The minimum absolute atomic E-state index is 0.0502. The maximum atomic E-state index is 13.2. The molecule has 1 fully saturated rings. The van der Waals surface area contributed by atoms with E-state index in [1.54, 1.807) is 9.80 Å². The highest BCUT2D eigenvalue weighted by atomic mass is 35.5. The Morgan fingerprint density at radius 2 is 1.71 bits per heavy atom. The molecular formula is C16H21ClF3N3O. The highest BCUT2D eigenvalue weighted by Crippen LogP contribution is 2.38. The standard InChI is InChI=1S/C16H21ClF3N3O/c1-15(2,3)21-14(24)23-8-6-22(7-9-23)13-5-4-11(17)10-12(13)16(18,19)20/h4-5,10H,6-9H2,1-3H3,(H,21,24). The monoisotopic (exact) mass is 363 g/mol. The number of amides is 2. The lowest BCUT2D eigenvalue weighted by Crippen LogP contribution is -2.55. The molecule has 0 aromatic heterocycles. The van der Waals surface area contributed by atoms with E-state index >= 15 is 0 Å². The van der Waals surface area contributed by atoms with Gasteiger partial charge >= 0.3 is 12.2 Å². The van der Waals surface area contributed by atoms with E-state index in [1.807, 2.05) is 20.8 Å². The summed E-state index contributed by atoms with van der Waals surface area (Å²) in [6, 6.07) is 3.57. The number of alkyl halides is 3. The third kappa shape index (κ3) is 4.69. The lowest BCUT2D eigenvalue weighted by molar-refractivity contribution is -0.137. The number of carbonyl (C=O) groups excluding carboxylic acids is 1. The number of halogens is 4. The molecule has 0 radical (unpaired) electrons. The van der Waals surface area contributed by atoms with Crippen LogP contribution in [0.5, 0.6) is 0 Å². The van der Waals surface area contributed by atoms with Gasteiger partial charge in [0, 0.05) is 42.4 Å². The number of urea groups is 1. The average Bonchev–Trinajstić information content (AvgIpc) is 2.44. The predicted octanol–water partition coefficient (Wildman–Crippen LogP) is 3.99. The van der Waals surface area contributed by atoms with Gasteiger partial charge in [-0.15, -0.1) is 0 Å². The zero-order valence-electron chi connectivity index (χ0n) is 13.9. The van der Waals surface area contributed by atoms with E-state index in [0.29, 0.717) is 26.2 Å². The van der Waals surface area contributed by atoms with Crippen LogP contribution < -0.4 is 10.2 Å². The van der Waals surface area contributed by atoms with Crippen molar-refractivity contribution in [1.82, 2.24) is 10.2 Å². The summed E-state index contributed by atoms with van der Waals surface area (Å²) in [5.41, 5.74) is -1.00. The number of nitrogens with zero attached hydrogens (tertiary/aromatic N) is 2. The molecule has 4 nitrogen and oxygen atoms in total. The van der Waals surface area contributed by atoms with Gasteiger partial charge in [-0.25, -0.2) is 4.79 Å². The Bertz CT molecular complexity index is 606. The lowest BCUT2D eigenvalue weighted by atomic mass is 10.1. The van der Waals surface area contributed by atoms with Crippen molar-refractivity contribution in [3.05, 3.63) is 28.8 Å². The molecule has 1 N–H and O–H groups in total. The Hall–Kier alpha value is -1.63. The fourth-order valence-corrected chi connectivity index (χ4v) is 2.73. The SMILES string of the molecule is CC(C)(C)NC(=O)N1CCN(c2ccc(Cl)cc2C(F)(F)F)CC1. The summed E-state index contributed by atoms with van der Waals surface area (Å²) in [6.07, 6.45) is -4.47. The second kappa shape index (κ2) is 6.70. The van der Waals surface area contributed by atoms with Crippen LogP contribution in [0.25, 0.3) is 0 Å². The van der Waals surface area contributed by atoms with Crippen molar-refractivity contribution >= 4 is 23.3 Å². The van der Waals surface area contributed by atoms with Crippen LogP contribution in [0.4, 0.5) is 23.7 Å². The first-order chi connectivity index (χ1) is 11.0.